The predicted molar refractivity (Wildman–Crippen MR) is 109 cm³/mol. The zero-order valence-corrected chi connectivity index (χ0v) is 19.2. The summed E-state index contributed by atoms with van der Waals surface area (Å²) in [6, 6.07) is -1.03. The number of rotatable bonds is 9. The highest BCUT2D eigenvalue weighted by molar-refractivity contribution is 8.01. The van der Waals surface area contributed by atoms with Crippen LogP contribution in [0.4, 0.5) is 4.79 Å². The molecular weight excluding hydrogens is 430 g/mol. The van der Waals surface area contributed by atoms with Gasteiger partial charge in [-0.1, -0.05) is 19.8 Å². The zero-order chi connectivity index (χ0) is 23.4. The molecule has 0 bridgehead atoms. The molecule has 0 N–H and O–H groups in total. The van der Waals surface area contributed by atoms with Crippen molar-refractivity contribution in [3.05, 3.63) is 0 Å². The van der Waals surface area contributed by atoms with Crippen LogP contribution in [0.1, 0.15) is 66.7 Å². The normalized spacial score (nSPS) is 24.7. The van der Waals surface area contributed by atoms with Crippen molar-refractivity contribution in [2.75, 3.05) is 6.61 Å². The summed E-state index contributed by atoms with van der Waals surface area (Å²) in [4.78, 5) is 61.3. The maximum Gasteiger partial charge on any atom is 0.519 e. The number of β-lactam (4-membered cyclic amide) rings is 1. The molecule has 2 aliphatic heterocycles. The van der Waals surface area contributed by atoms with Gasteiger partial charge in [-0.25, -0.2) is 9.59 Å². The van der Waals surface area contributed by atoms with Crippen LogP contribution in [-0.2, 0) is 38.1 Å². The third kappa shape index (κ3) is 6.34. The second-order valence-electron chi connectivity index (χ2n) is 8.18. The number of ether oxygens (including phenoxy) is 4. The first-order valence-electron chi connectivity index (χ1n) is 10.2. The molecule has 11 heteroatoms. The van der Waals surface area contributed by atoms with E-state index >= 15 is 0 Å². The Morgan fingerprint density at radius 1 is 1.19 bits per heavy atom. The Morgan fingerprint density at radius 3 is 2.45 bits per heavy atom. The Bertz CT molecular complexity index is 753. The fourth-order valence-corrected chi connectivity index (χ4v) is 5.07. The third-order valence-corrected chi connectivity index (χ3v) is 6.40. The molecule has 1 amide bonds. The van der Waals surface area contributed by atoms with E-state index in [4.69, 9.17) is 14.2 Å². The van der Waals surface area contributed by atoms with Gasteiger partial charge in [0.05, 0.1) is 16.5 Å². The van der Waals surface area contributed by atoms with Crippen LogP contribution in [0.2, 0.25) is 0 Å². The summed E-state index contributed by atoms with van der Waals surface area (Å²) in [7, 11) is 0. The maximum atomic E-state index is 13.0. The fourth-order valence-electron chi connectivity index (χ4n) is 3.40. The Hall–Kier alpha value is -2.30. The van der Waals surface area contributed by atoms with E-state index in [-0.39, 0.29) is 30.7 Å². The van der Waals surface area contributed by atoms with Crippen molar-refractivity contribution in [1.29, 1.82) is 0 Å². The summed E-state index contributed by atoms with van der Waals surface area (Å²) >= 11 is 1.35. The van der Waals surface area contributed by atoms with E-state index in [9.17, 15) is 24.0 Å². The van der Waals surface area contributed by atoms with Crippen molar-refractivity contribution in [3.8, 4) is 0 Å². The van der Waals surface area contributed by atoms with Gasteiger partial charge in [-0.05, 0) is 13.3 Å². The van der Waals surface area contributed by atoms with Crippen molar-refractivity contribution < 1.29 is 42.9 Å². The van der Waals surface area contributed by atoms with Crippen LogP contribution in [0.3, 0.4) is 0 Å². The summed E-state index contributed by atoms with van der Waals surface area (Å²) in [6.45, 7) is 7.47. The molecule has 0 radical (unpaired) electrons. The van der Waals surface area contributed by atoms with Crippen LogP contribution in [0.15, 0.2) is 0 Å². The van der Waals surface area contributed by atoms with E-state index in [0.717, 1.165) is 12.8 Å². The van der Waals surface area contributed by atoms with Gasteiger partial charge in [-0.2, -0.15) is 0 Å². The molecule has 10 nitrogen and oxygen atoms in total. The summed E-state index contributed by atoms with van der Waals surface area (Å²) in [6.07, 6.45) is 1.41. The summed E-state index contributed by atoms with van der Waals surface area (Å²) in [5, 5.41) is -0.222. The van der Waals surface area contributed by atoms with Crippen molar-refractivity contribution >= 4 is 41.7 Å². The minimum absolute atomic E-state index is 0.0788. The molecule has 0 saturated carbocycles. The highest BCUT2D eigenvalue weighted by Crippen LogP contribution is 2.51. The number of carbonyl (C=O) groups is 5. The van der Waals surface area contributed by atoms with Gasteiger partial charge < -0.3 is 23.8 Å². The van der Waals surface area contributed by atoms with Gasteiger partial charge in [0.15, 0.2) is 0 Å². The van der Waals surface area contributed by atoms with Crippen LogP contribution < -0.4 is 0 Å². The van der Waals surface area contributed by atoms with Crippen LogP contribution in [0.25, 0.3) is 0 Å². The molecule has 2 heterocycles. The zero-order valence-electron chi connectivity index (χ0n) is 18.4. The van der Waals surface area contributed by atoms with Crippen molar-refractivity contribution in [3.63, 3.8) is 0 Å². The standard InChI is InChI=1S/C20H29NO9S/c1-6-7-8-9-15(24)28-18(26)30-19(3,4)29-17(25)16-20(5,11-27-12(2)22)31-14-10-13(23)21(14)16/h14,16H,6-11H2,1-5H3. The molecule has 31 heavy (non-hydrogen) atoms. The van der Waals surface area contributed by atoms with Crippen molar-refractivity contribution in [2.45, 2.75) is 88.7 Å². The minimum atomic E-state index is -1.75. The number of amides is 1. The molecule has 3 atom stereocenters. The van der Waals surface area contributed by atoms with E-state index < -0.39 is 40.6 Å². The molecule has 2 rings (SSSR count). The lowest BCUT2D eigenvalue weighted by molar-refractivity contribution is -0.208. The van der Waals surface area contributed by atoms with Gasteiger partial charge in [0.1, 0.15) is 12.6 Å². The van der Waals surface area contributed by atoms with Crippen LogP contribution in [0.5, 0.6) is 0 Å². The lowest BCUT2D eigenvalue weighted by atomic mass is 9.97. The van der Waals surface area contributed by atoms with Gasteiger partial charge in [0.2, 0.25) is 5.91 Å². The summed E-state index contributed by atoms with van der Waals surface area (Å²) in [5.41, 5.74) is 0. The monoisotopic (exact) mass is 459 g/mol. The highest BCUT2D eigenvalue weighted by atomic mass is 32.2. The third-order valence-electron chi connectivity index (χ3n) is 4.85. The van der Waals surface area contributed by atoms with Gasteiger partial charge in [-0.15, -0.1) is 11.8 Å². The first-order valence-corrected chi connectivity index (χ1v) is 11.1. The highest BCUT2D eigenvalue weighted by Gasteiger charge is 2.62. The fraction of sp³-hybridized carbons (Fsp3) is 0.750. The average molecular weight is 460 g/mol. The van der Waals surface area contributed by atoms with Crippen molar-refractivity contribution in [1.82, 2.24) is 4.90 Å². The number of hydrogen-bond acceptors (Lipinski definition) is 10. The molecule has 0 aromatic carbocycles. The first kappa shape index (κ1) is 25.0. The Kier molecular flexibility index (Phi) is 7.96. The van der Waals surface area contributed by atoms with E-state index in [1.165, 1.54) is 37.4 Å². The van der Waals surface area contributed by atoms with Crippen molar-refractivity contribution in [2.24, 2.45) is 0 Å². The van der Waals surface area contributed by atoms with E-state index in [0.29, 0.717) is 6.42 Å². The van der Waals surface area contributed by atoms with E-state index in [2.05, 4.69) is 4.74 Å². The first-order chi connectivity index (χ1) is 14.4. The Balaban J connectivity index is 2.00. The Labute approximate surface area is 185 Å². The molecule has 0 aromatic rings. The average Bonchev–Trinajstić information content (AvgIpc) is 2.87. The molecule has 3 unspecified atom stereocenters. The largest absolute Gasteiger partial charge is 0.519 e. The molecule has 2 aliphatic rings. The molecule has 174 valence electrons. The minimum Gasteiger partial charge on any atom is -0.464 e. The van der Waals surface area contributed by atoms with Crippen LogP contribution >= 0.6 is 11.8 Å². The van der Waals surface area contributed by atoms with Gasteiger partial charge in [0, 0.05) is 27.2 Å². The van der Waals surface area contributed by atoms with Gasteiger partial charge in [0.25, 0.3) is 5.79 Å². The van der Waals surface area contributed by atoms with Gasteiger partial charge in [-0.3, -0.25) is 14.4 Å². The van der Waals surface area contributed by atoms with E-state index in [1.54, 1.807) is 6.92 Å². The van der Waals surface area contributed by atoms with E-state index in [1.807, 2.05) is 6.92 Å². The number of fused-ring (bicyclic) bond motifs is 1. The molecule has 0 spiro atoms. The number of carbonyl (C=O) groups excluding carboxylic acids is 5. The number of nitrogens with zero attached hydrogens (tertiary/aromatic N) is 1. The number of esters is 3. The second-order valence-corrected chi connectivity index (χ2v) is 9.89. The summed E-state index contributed by atoms with van der Waals surface area (Å²) in [5.74, 6) is -4.02. The van der Waals surface area contributed by atoms with Crippen LogP contribution in [0, 0.1) is 0 Å². The number of hydrogen-bond donors (Lipinski definition) is 0. The number of unbranched alkanes of at least 4 members (excludes halogenated alkanes) is 2. The smallest absolute Gasteiger partial charge is 0.464 e. The topological polar surface area (TPSA) is 126 Å². The molecule has 0 aromatic heterocycles. The second kappa shape index (κ2) is 9.88. The molecular formula is C20H29NO9S. The summed E-state index contributed by atoms with van der Waals surface area (Å²) < 4.78 is 19.1. The lowest BCUT2D eigenvalue weighted by Gasteiger charge is -2.38. The lowest BCUT2D eigenvalue weighted by Crippen LogP contribution is -2.59. The maximum absolute atomic E-state index is 13.0. The van der Waals surface area contributed by atoms with Crippen LogP contribution in [-0.4, -0.2) is 63.4 Å². The molecule has 2 saturated heterocycles. The SMILES string of the molecule is CCCCCC(=O)OC(=O)OC(C)(C)OC(=O)C1N2C(=O)CC2SC1(C)COC(C)=O. The Morgan fingerprint density at radius 2 is 1.87 bits per heavy atom. The van der Waals surface area contributed by atoms with Gasteiger partial charge >= 0.3 is 24.1 Å². The molecule has 0 aliphatic carbocycles. The quantitative estimate of drug-likeness (QED) is 0.127. The predicted octanol–water partition coefficient (Wildman–Crippen LogP) is 2.52. The number of thioether (sulfide) groups is 1. The molecule has 2 fully saturated rings.